The van der Waals surface area contributed by atoms with Crippen LogP contribution >= 0.6 is 0 Å². The van der Waals surface area contributed by atoms with Gasteiger partial charge in [0.2, 0.25) is 0 Å². The van der Waals surface area contributed by atoms with Crippen LogP contribution in [0.25, 0.3) is 11.1 Å². The van der Waals surface area contributed by atoms with Crippen molar-refractivity contribution in [1.82, 2.24) is 0 Å². The van der Waals surface area contributed by atoms with Gasteiger partial charge < -0.3 is 24.8 Å². The standard InChI is InChI=1S/C28H30N2O5/c1-2-3-15-35-26-12-10-22(30-13-16-34-17-14-30)19-24(26)27(31)29-25-18-21(9-11-23(25)28(32)33)20-7-5-4-6-8-20/h4-12,18-19H,2-3,13-17H2,1H3,(H,29,31)(H,32,33). The van der Waals surface area contributed by atoms with E-state index < -0.39 is 11.9 Å². The van der Waals surface area contributed by atoms with Crippen LogP contribution < -0.4 is 15.0 Å². The molecule has 0 bridgehead atoms. The number of hydrogen-bond donors (Lipinski definition) is 2. The summed E-state index contributed by atoms with van der Waals surface area (Å²) < 4.78 is 11.4. The number of rotatable bonds is 9. The number of anilines is 2. The Balaban J connectivity index is 1.67. The molecule has 0 atom stereocenters. The molecular weight excluding hydrogens is 444 g/mol. The van der Waals surface area contributed by atoms with E-state index in [9.17, 15) is 14.7 Å². The summed E-state index contributed by atoms with van der Waals surface area (Å²) in [5.74, 6) is -1.05. The lowest BCUT2D eigenvalue weighted by molar-refractivity contribution is 0.0698. The molecule has 0 unspecified atom stereocenters. The smallest absolute Gasteiger partial charge is 0.337 e. The van der Waals surface area contributed by atoms with E-state index in [4.69, 9.17) is 9.47 Å². The zero-order chi connectivity index (χ0) is 24.6. The number of unbranched alkanes of at least 4 members (excludes halogenated alkanes) is 1. The summed E-state index contributed by atoms with van der Waals surface area (Å²) in [4.78, 5) is 27.6. The predicted molar refractivity (Wildman–Crippen MR) is 137 cm³/mol. The molecule has 0 aliphatic carbocycles. The third kappa shape index (κ3) is 6.00. The Morgan fingerprint density at radius 3 is 2.46 bits per heavy atom. The minimum atomic E-state index is -1.11. The van der Waals surface area contributed by atoms with Gasteiger partial charge in [0.15, 0.2) is 0 Å². The van der Waals surface area contributed by atoms with Gasteiger partial charge in [-0.3, -0.25) is 4.79 Å². The van der Waals surface area contributed by atoms with Crippen LogP contribution in [0, 0.1) is 0 Å². The van der Waals surface area contributed by atoms with Crippen LogP contribution in [0.4, 0.5) is 11.4 Å². The Hall–Kier alpha value is -3.84. The van der Waals surface area contributed by atoms with E-state index in [1.54, 1.807) is 12.1 Å². The molecule has 1 heterocycles. The van der Waals surface area contributed by atoms with Crippen molar-refractivity contribution in [2.45, 2.75) is 19.8 Å². The molecule has 7 heteroatoms. The number of carboxylic acids is 1. The van der Waals surface area contributed by atoms with E-state index in [1.165, 1.54) is 6.07 Å². The van der Waals surface area contributed by atoms with Gasteiger partial charge in [-0.05, 0) is 47.9 Å². The summed E-state index contributed by atoms with van der Waals surface area (Å²) in [7, 11) is 0. The van der Waals surface area contributed by atoms with Gasteiger partial charge in [-0.25, -0.2) is 4.79 Å². The monoisotopic (exact) mass is 474 g/mol. The second-order valence-corrected chi connectivity index (χ2v) is 8.37. The van der Waals surface area contributed by atoms with Crippen LogP contribution in [0.15, 0.2) is 66.7 Å². The van der Waals surface area contributed by atoms with E-state index in [0.717, 1.165) is 42.7 Å². The van der Waals surface area contributed by atoms with Gasteiger partial charge in [-0.15, -0.1) is 0 Å². The lowest BCUT2D eigenvalue weighted by atomic mass is 10.0. The van der Waals surface area contributed by atoms with Crippen LogP contribution in [0.5, 0.6) is 5.75 Å². The Morgan fingerprint density at radius 2 is 1.74 bits per heavy atom. The number of aromatic carboxylic acids is 1. The number of carbonyl (C=O) groups excluding carboxylic acids is 1. The minimum absolute atomic E-state index is 0.0239. The van der Waals surface area contributed by atoms with Crippen LogP contribution in [0.1, 0.15) is 40.5 Å². The zero-order valence-electron chi connectivity index (χ0n) is 19.8. The van der Waals surface area contributed by atoms with E-state index in [-0.39, 0.29) is 11.3 Å². The maximum absolute atomic E-state index is 13.5. The third-order valence-electron chi connectivity index (χ3n) is 5.94. The van der Waals surface area contributed by atoms with Crippen molar-refractivity contribution in [2.75, 3.05) is 43.1 Å². The van der Waals surface area contributed by atoms with Crippen molar-refractivity contribution < 1.29 is 24.2 Å². The molecule has 0 saturated carbocycles. The number of carbonyl (C=O) groups is 2. The van der Waals surface area contributed by atoms with Gasteiger partial charge in [-0.1, -0.05) is 49.7 Å². The third-order valence-corrected chi connectivity index (χ3v) is 5.94. The molecule has 1 aliphatic rings. The van der Waals surface area contributed by atoms with E-state index in [1.807, 2.05) is 48.5 Å². The van der Waals surface area contributed by atoms with Crippen molar-refractivity contribution in [3.05, 3.63) is 77.9 Å². The fraction of sp³-hybridized carbons (Fsp3) is 0.286. The number of benzene rings is 3. The van der Waals surface area contributed by atoms with Gasteiger partial charge >= 0.3 is 5.97 Å². The van der Waals surface area contributed by atoms with Crippen molar-refractivity contribution in [3.63, 3.8) is 0 Å². The maximum Gasteiger partial charge on any atom is 0.337 e. The molecule has 0 aromatic heterocycles. The Morgan fingerprint density at radius 1 is 0.971 bits per heavy atom. The second-order valence-electron chi connectivity index (χ2n) is 8.37. The molecule has 1 aliphatic heterocycles. The molecule has 0 radical (unpaired) electrons. The molecule has 1 saturated heterocycles. The van der Waals surface area contributed by atoms with Crippen LogP contribution in [0.2, 0.25) is 0 Å². The molecule has 7 nitrogen and oxygen atoms in total. The van der Waals surface area contributed by atoms with Gasteiger partial charge in [0.05, 0.1) is 36.6 Å². The fourth-order valence-corrected chi connectivity index (χ4v) is 4.00. The molecule has 3 aromatic carbocycles. The molecule has 1 amide bonds. The number of carboxylic acid groups (broad SMARTS) is 1. The molecule has 0 spiro atoms. The average Bonchev–Trinajstić information content (AvgIpc) is 2.89. The molecule has 1 fully saturated rings. The highest BCUT2D eigenvalue weighted by Gasteiger charge is 2.20. The van der Waals surface area contributed by atoms with Crippen molar-refractivity contribution in [2.24, 2.45) is 0 Å². The summed E-state index contributed by atoms with van der Waals surface area (Å²) >= 11 is 0. The summed E-state index contributed by atoms with van der Waals surface area (Å²) in [6.45, 7) is 5.30. The summed E-state index contributed by atoms with van der Waals surface area (Å²) in [6, 6.07) is 20.1. The van der Waals surface area contributed by atoms with Gasteiger partial charge in [0.25, 0.3) is 5.91 Å². The highest BCUT2D eigenvalue weighted by atomic mass is 16.5. The molecule has 2 N–H and O–H groups in total. The Kier molecular flexibility index (Phi) is 8.00. The van der Waals surface area contributed by atoms with E-state index in [0.29, 0.717) is 31.1 Å². The van der Waals surface area contributed by atoms with E-state index in [2.05, 4.69) is 17.1 Å². The van der Waals surface area contributed by atoms with Crippen LogP contribution in [0.3, 0.4) is 0 Å². The lowest BCUT2D eigenvalue weighted by Crippen LogP contribution is -2.36. The highest BCUT2D eigenvalue weighted by Crippen LogP contribution is 2.30. The van der Waals surface area contributed by atoms with E-state index >= 15 is 0 Å². The maximum atomic E-state index is 13.5. The topological polar surface area (TPSA) is 88.1 Å². The first kappa shape index (κ1) is 24.3. The zero-order valence-corrected chi connectivity index (χ0v) is 19.8. The van der Waals surface area contributed by atoms with Crippen molar-refractivity contribution in [1.29, 1.82) is 0 Å². The first-order valence-corrected chi connectivity index (χ1v) is 11.9. The molecular formula is C28H30N2O5. The van der Waals surface area contributed by atoms with Gasteiger partial charge in [0.1, 0.15) is 5.75 Å². The average molecular weight is 475 g/mol. The first-order chi connectivity index (χ1) is 17.1. The second kappa shape index (κ2) is 11.5. The normalized spacial score (nSPS) is 13.3. The van der Waals surface area contributed by atoms with Crippen molar-refractivity contribution >= 4 is 23.3 Å². The molecule has 35 heavy (non-hydrogen) atoms. The summed E-state index contributed by atoms with van der Waals surface area (Å²) in [6.07, 6.45) is 1.84. The quantitative estimate of drug-likeness (QED) is 0.408. The summed E-state index contributed by atoms with van der Waals surface area (Å²) in [5, 5.41) is 12.6. The first-order valence-electron chi connectivity index (χ1n) is 11.9. The van der Waals surface area contributed by atoms with Gasteiger partial charge in [-0.2, -0.15) is 0 Å². The molecule has 182 valence electrons. The number of ether oxygens (including phenoxy) is 2. The SMILES string of the molecule is CCCCOc1ccc(N2CCOCC2)cc1C(=O)Nc1cc(-c2ccccc2)ccc1C(=O)O. The van der Waals surface area contributed by atoms with Crippen LogP contribution in [-0.2, 0) is 4.74 Å². The predicted octanol–water partition coefficient (Wildman–Crippen LogP) is 5.32. The lowest BCUT2D eigenvalue weighted by Gasteiger charge is -2.29. The number of morpholine rings is 1. The van der Waals surface area contributed by atoms with Gasteiger partial charge in [0, 0.05) is 18.8 Å². The number of hydrogen-bond acceptors (Lipinski definition) is 5. The minimum Gasteiger partial charge on any atom is -0.493 e. The Labute approximate surface area is 205 Å². The molecule has 4 rings (SSSR count). The molecule has 3 aromatic rings. The largest absolute Gasteiger partial charge is 0.493 e. The van der Waals surface area contributed by atoms with Crippen LogP contribution in [-0.4, -0.2) is 49.9 Å². The highest BCUT2D eigenvalue weighted by molar-refractivity contribution is 6.10. The van der Waals surface area contributed by atoms with Crippen molar-refractivity contribution in [3.8, 4) is 16.9 Å². The fourth-order valence-electron chi connectivity index (χ4n) is 4.00. The Bertz CT molecular complexity index is 1170. The summed E-state index contributed by atoms with van der Waals surface area (Å²) in [5.41, 5.74) is 3.27. The number of amides is 1. The number of nitrogens with zero attached hydrogens (tertiary/aromatic N) is 1. The number of nitrogens with one attached hydrogen (secondary N) is 1.